The molecule has 1 aromatic carbocycles. The van der Waals surface area contributed by atoms with Gasteiger partial charge in [-0.25, -0.2) is 0 Å². The molecule has 0 aliphatic carbocycles. The number of rotatable bonds is 8. The molecule has 1 atom stereocenters. The van der Waals surface area contributed by atoms with E-state index in [0.29, 0.717) is 18.3 Å². The highest BCUT2D eigenvalue weighted by molar-refractivity contribution is 5.99. The number of benzene rings is 1. The van der Waals surface area contributed by atoms with Gasteiger partial charge in [-0.2, -0.15) is 0 Å². The van der Waals surface area contributed by atoms with Crippen LogP contribution in [0, 0.1) is 0 Å². The fraction of sp³-hybridized carbons (Fsp3) is 0.536. The van der Waals surface area contributed by atoms with E-state index in [1.54, 1.807) is 12.5 Å². The van der Waals surface area contributed by atoms with E-state index in [2.05, 4.69) is 27.0 Å². The van der Waals surface area contributed by atoms with E-state index >= 15 is 0 Å². The van der Waals surface area contributed by atoms with Crippen molar-refractivity contribution in [3.8, 4) is 5.75 Å². The van der Waals surface area contributed by atoms with E-state index in [1.165, 1.54) is 38.8 Å². The van der Waals surface area contributed by atoms with Crippen molar-refractivity contribution in [3.05, 3.63) is 54.1 Å². The first kappa shape index (κ1) is 23.9. The molecule has 3 aromatic rings. The molecule has 2 saturated heterocycles. The van der Waals surface area contributed by atoms with Crippen LogP contribution >= 0.6 is 0 Å². The number of nitrogens with zero attached hydrogens (tertiary/aromatic N) is 2. The number of ether oxygens (including phenoxy) is 1. The fourth-order valence-corrected chi connectivity index (χ4v) is 5.47. The third-order valence-corrected chi connectivity index (χ3v) is 7.55. The van der Waals surface area contributed by atoms with Crippen LogP contribution in [0.5, 0.6) is 5.75 Å². The highest BCUT2D eigenvalue weighted by atomic mass is 16.5. The maximum absolute atomic E-state index is 13.0. The molecule has 2 aliphatic rings. The second-order valence-electron chi connectivity index (χ2n) is 10.2. The van der Waals surface area contributed by atoms with Gasteiger partial charge in [0.2, 0.25) is 0 Å². The van der Waals surface area contributed by atoms with Crippen LogP contribution in [-0.4, -0.2) is 65.5 Å². The molecule has 0 spiro atoms. The number of furan rings is 1. The first-order valence-electron chi connectivity index (χ1n) is 13.2. The Morgan fingerprint density at radius 1 is 1.14 bits per heavy atom. The van der Waals surface area contributed by atoms with Gasteiger partial charge in [-0.05, 0) is 70.0 Å². The number of nitrogens with one attached hydrogen (secondary N) is 2. The number of fused-ring (bicyclic) bond motifs is 1. The van der Waals surface area contributed by atoms with Crippen molar-refractivity contribution in [2.75, 3.05) is 32.7 Å². The lowest BCUT2D eigenvalue weighted by Gasteiger charge is -2.38. The van der Waals surface area contributed by atoms with Gasteiger partial charge in [-0.3, -0.25) is 9.69 Å². The number of carbonyl (C=O) groups is 1. The van der Waals surface area contributed by atoms with Crippen molar-refractivity contribution in [1.82, 2.24) is 20.1 Å². The minimum atomic E-state index is -0.0435. The molecule has 7 nitrogen and oxygen atoms in total. The van der Waals surface area contributed by atoms with E-state index in [9.17, 15) is 4.79 Å². The number of piperidine rings is 1. The summed E-state index contributed by atoms with van der Waals surface area (Å²) in [6.07, 6.45) is 10.7. The van der Waals surface area contributed by atoms with Crippen LogP contribution in [0.15, 0.2) is 47.3 Å². The highest BCUT2D eigenvalue weighted by Crippen LogP contribution is 2.27. The molecule has 0 bridgehead atoms. The van der Waals surface area contributed by atoms with Crippen LogP contribution < -0.4 is 10.1 Å². The van der Waals surface area contributed by atoms with E-state index in [4.69, 9.17) is 9.15 Å². The molecule has 0 radical (unpaired) electrons. The topological polar surface area (TPSA) is 73.7 Å². The van der Waals surface area contributed by atoms with Gasteiger partial charge in [-0.15, -0.1) is 0 Å². The molecule has 1 amide bonds. The number of likely N-dealkylation sites (tertiary alicyclic amines) is 2. The van der Waals surface area contributed by atoms with Crippen molar-refractivity contribution < 1.29 is 13.9 Å². The zero-order valence-electron chi connectivity index (χ0n) is 20.8. The average molecular weight is 479 g/mol. The number of aromatic nitrogens is 1. The molecule has 7 heteroatoms. The van der Waals surface area contributed by atoms with Crippen LogP contribution in [0.3, 0.4) is 0 Å². The predicted octanol–water partition coefficient (Wildman–Crippen LogP) is 4.80. The number of amides is 1. The molecule has 0 unspecified atom stereocenters. The van der Waals surface area contributed by atoms with Gasteiger partial charge in [0.05, 0.1) is 12.5 Å². The van der Waals surface area contributed by atoms with E-state index in [1.807, 2.05) is 30.3 Å². The highest BCUT2D eigenvalue weighted by Gasteiger charge is 2.26. The van der Waals surface area contributed by atoms with Crippen LogP contribution in [0.25, 0.3) is 10.9 Å². The van der Waals surface area contributed by atoms with Gasteiger partial charge in [0.25, 0.3) is 5.91 Å². The summed E-state index contributed by atoms with van der Waals surface area (Å²) in [5.41, 5.74) is 2.45. The summed E-state index contributed by atoms with van der Waals surface area (Å²) >= 11 is 0. The molecule has 4 heterocycles. The third-order valence-electron chi connectivity index (χ3n) is 7.55. The third kappa shape index (κ3) is 6.08. The first-order valence-corrected chi connectivity index (χ1v) is 13.2. The Kier molecular flexibility index (Phi) is 7.74. The van der Waals surface area contributed by atoms with Crippen LogP contribution in [0.2, 0.25) is 0 Å². The minimum absolute atomic E-state index is 0.0435. The molecular weight excluding hydrogens is 440 g/mol. The van der Waals surface area contributed by atoms with E-state index in [0.717, 1.165) is 54.7 Å². The van der Waals surface area contributed by atoms with E-state index < -0.39 is 0 Å². The monoisotopic (exact) mass is 478 g/mol. The Morgan fingerprint density at radius 3 is 2.69 bits per heavy atom. The van der Waals surface area contributed by atoms with Crippen LogP contribution in [0.4, 0.5) is 0 Å². The van der Waals surface area contributed by atoms with Crippen molar-refractivity contribution in [2.24, 2.45) is 0 Å². The van der Waals surface area contributed by atoms with Gasteiger partial charge in [-0.1, -0.05) is 18.9 Å². The Bertz CT molecular complexity index is 1080. The second-order valence-corrected chi connectivity index (χ2v) is 10.2. The smallest absolute Gasteiger partial charge is 0.267 e. The zero-order chi connectivity index (χ0) is 24.0. The van der Waals surface area contributed by atoms with Crippen molar-refractivity contribution in [3.63, 3.8) is 0 Å². The molecule has 188 valence electrons. The molecule has 2 N–H and O–H groups in total. The summed E-state index contributed by atoms with van der Waals surface area (Å²) in [6.45, 7) is 8.53. The number of carbonyl (C=O) groups excluding carboxylic acids is 1. The number of H-pyrrole nitrogens is 1. The molecule has 2 aliphatic heterocycles. The summed E-state index contributed by atoms with van der Waals surface area (Å²) < 4.78 is 11.1. The average Bonchev–Trinajstić information content (AvgIpc) is 3.49. The quantitative estimate of drug-likeness (QED) is 0.487. The Morgan fingerprint density at radius 2 is 1.94 bits per heavy atom. The molecule has 0 saturated carbocycles. The Labute approximate surface area is 207 Å². The minimum Gasteiger partial charge on any atom is -0.488 e. The molecule has 2 aromatic heterocycles. The van der Waals surface area contributed by atoms with Crippen LogP contribution in [-0.2, 0) is 6.61 Å². The summed E-state index contributed by atoms with van der Waals surface area (Å²) in [4.78, 5) is 21.5. The largest absolute Gasteiger partial charge is 0.488 e. The Hall–Kier alpha value is -2.77. The summed E-state index contributed by atoms with van der Waals surface area (Å²) in [5.74, 6) is 0.712. The lowest BCUT2D eigenvalue weighted by molar-refractivity contribution is 0.0868. The summed E-state index contributed by atoms with van der Waals surface area (Å²) in [6, 6.07) is 10.4. The standard InChI is InChI=1S/C28H38N4O3/c1-21(18-31-12-4-2-3-5-13-31)32-14-9-23(10-15-32)29-28(33)26-17-24-25(30-26)7-6-8-27(24)35-20-22-11-16-34-19-22/h6-8,11,16-17,19,21,23,30H,2-5,9-10,12-15,18,20H2,1H3,(H,29,33)/t21-/m1/s1. The predicted molar refractivity (Wildman–Crippen MR) is 138 cm³/mol. The second kappa shape index (κ2) is 11.3. The maximum atomic E-state index is 13.0. The molecule has 2 fully saturated rings. The number of hydrogen-bond donors (Lipinski definition) is 2. The van der Waals surface area contributed by atoms with Gasteiger partial charge >= 0.3 is 0 Å². The van der Waals surface area contributed by atoms with Gasteiger partial charge in [0.1, 0.15) is 18.1 Å². The number of aromatic amines is 1. The van der Waals surface area contributed by atoms with Crippen molar-refractivity contribution in [1.29, 1.82) is 0 Å². The maximum Gasteiger partial charge on any atom is 0.267 e. The normalized spacial score (nSPS) is 19.5. The Balaban J connectivity index is 1.13. The van der Waals surface area contributed by atoms with Gasteiger partial charge < -0.3 is 24.4 Å². The zero-order valence-corrected chi connectivity index (χ0v) is 20.8. The number of hydrogen-bond acceptors (Lipinski definition) is 5. The van der Waals surface area contributed by atoms with Gasteiger partial charge in [0.15, 0.2) is 0 Å². The molecule has 35 heavy (non-hydrogen) atoms. The lowest BCUT2D eigenvalue weighted by Crippen LogP contribution is -2.50. The van der Waals surface area contributed by atoms with Gasteiger partial charge in [0, 0.05) is 48.2 Å². The fourth-order valence-electron chi connectivity index (χ4n) is 5.47. The molecular formula is C28H38N4O3. The first-order chi connectivity index (χ1) is 17.2. The van der Waals surface area contributed by atoms with Crippen molar-refractivity contribution in [2.45, 2.75) is 64.1 Å². The summed E-state index contributed by atoms with van der Waals surface area (Å²) in [5, 5.41) is 4.17. The SMILES string of the molecule is C[C@H](CN1CCCCCC1)N1CCC(NC(=O)c2cc3c(OCc4ccoc4)cccc3[nH]2)CC1. The summed E-state index contributed by atoms with van der Waals surface area (Å²) in [7, 11) is 0. The van der Waals surface area contributed by atoms with Crippen molar-refractivity contribution >= 4 is 16.8 Å². The van der Waals surface area contributed by atoms with E-state index in [-0.39, 0.29) is 11.9 Å². The molecule has 5 rings (SSSR count). The van der Waals surface area contributed by atoms with Crippen LogP contribution in [0.1, 0.15) is 61.5 Å². The lowest BCUT2D eigenvalue weighted by atomic mass is 10.0.